The van der Waals surface area contributed by atoms with E-state index in [4.69, 9.17) is 4.74 Å². The Morgan fingerprint density at radius 2 is 1.88 bits per heavy atom. The fourth-order valence-electron chi connectivity index (χ4n) is 4.47. The lowest BCUT2D eigenvalue weighted by Gasteiger charge is -2.47. The molecule has 178 valence electrons. The van der Waals surface area contributed by atoms with E-state index < -0.39 is 34.6 Å². The molecule has 2 aromatic carbocycles. The number of halogens is 4. The lowest BCUT2D eigenvalue weighted by molar-refractivity contribution is -0.0877. The molecule has 9 heteroatoms. The molecular formula is C24H26F3IN2O3. The number of ether oxygens (including phenoxy) is 1. The molecule has 2 heterocycles. The van der Waals surface area contributed by atoms with Gasteiger partial charge in [0.15, 0.2) is 11.6 Å². The number of nitrogens with zero attached hydrogens (tertiary/aromatic N) is 1. The SMILES string of the molecule is O=C(c1ccc(F)c(F)c1Nc1ccc(I)cc1F)N1CC(O)(CCCC2CCOCC2)C1. The van der Waals surface area contributed by atoms with E-state index in [0.717, 1.165) is 45.0 Å². The minimum Gasteiger partial charge on any atom is -0.386 e. The first-order valence-corrected chi connectivity index (χ1v) is 12.1. The summed E-state index contributed by atoms with van der Waals surface area (Å²) in [6.45, 7) is 1.81. The highest BCUT2D eigenvalue weighted by atomic mass is 127. The van der Waals surface area contributed by atoms with Gasteiger partial charge >= 0.3 is 0 Å². The van der Waals surface area contributed by atoms with Crippen LogP contribution in [0.1, 0.15) is 42.5 Å². The Morgan fingerprint density at radius 1 is 1.15 bits per heavy atom. The summed E-state index contributed by atoms with van der Waals surface area (Å²) in [5.74, 6) is -2.99. The topological polar surface area (TPSA) is 61.8 Å². The van der Waals surface area contributed by atoms with Gasteiger partial charge in [0.25, 0.3) is 5.91 Å². The van der Waals surface area contributed by atoms with E-state index in [1.165, 1.54) is 23.1 Å². The third-order valence-corrected chi connectivity index (χ3v) is 7.04. The number of benzene rings is 2. The van der Waals surface area contributed by atoms with Crippen LogP contribution < -0.4 is 5.32 Å². The van der Waals surface area contributed by atoms with Gasteiger partial charge in [0, 0.05) is 16.8 Å². The standard InChI is InChI=1S/C24H26F3IN2O3/c25-18-5-4-17(22(21(18)27)29-20-6-3-16(28)12-19(20)26)23(31)30-13-24(32,14-30)9-1-2-15-7-10-33-11-8-15/h3-6,12,15,29,32H,1-2,7-11,13-14H2. The quantitative estimate of drug-likeness (QED) is 0.445. The highest BCUT2D eigenvalue weighted by Crippen LogP contribution is 2.34. The van der Waals surface area contributed by atoms with E-state index in [1.807, 2.05) is 22.6 Å². The molecule has 0 radical (unpaired) electrons. The van der Waals surface area contributed by atoms with Gasteiger partial charge in [-0.15, -0.1) is 0 Å². The summed E-state index contributed by atoms with van der Waals surface area (Å²) in [4.78, 5) is 14.4. The second kappa shape index (κ2) is 10.2. The molecule has 0 aliphatic carbocycles. The molecule has 2 fully saturated rings. The van der Waals surface area contributed by atoms with Crippen molar-refractivity contribution < 1.29 is 27.8 Å². The summed E-state index contributed by atoms with van der Waals surface area (Å²) < 4.78 is 48.8. The van der Waals surface area contributed by atoms with Gasteiger partial charge < -0.3 is 20.1 Å². The zero-order chi connectivity index (χ0) is 23.6. The number of rotatable bonds is 7. The zero-order valence-corrected chi connectivity index (χ0v) is 20.2. The van der Waals surface area contributed by atoms with Crippen LogP contribution in [0.2, 0.25) is 0 Å². The molecule has 2 N–H and O–H groups in total. The van der Waals surface area contributed by atoms with Crippen molar-refractivity contribution in [3.8, 4) is 0 Å². The van der Waals surface area contributed by atoms with Crippen molar-refractivity contribution in [1.82, 2.24) is 4.90 Å². The molecular weight excluding hydrogens is 548 g/mol. The number of hydrogen-bond acceptors (Lipinski definition) is 4. The number of β-amino-alcohol motifs (C(OH)–C–C–N with tert-alkyl or cyclic N) is 1. The molecule has 0 atom stereocenters. The molecule has 0 unspecified atom stereocenters. The zero-order valence-electron chi connectivity index (χ0n) is 18.1. The maximum Gasteiger partial charge on any atom is 0.256 e. The molecule has 2 aromatic rings. The predicted molar refractivity (Wildman–Crippen MR) is 127 cm³/mol. The average Bonchev–Trinajstić information content (AvgIpc) is 2.77. The molecule has 0 aromatic heterocycles. The van der Waals surface area contributed by atoms with Crippen molar-refractivity contribution in [2.24, 2.45) is 5.92 Å². The van der Waals surface area contributed by atoms with Crippen molar-refractivity contribution in [3.63, 3.8) is 0 Å². The van der Waals surface area contributed by atoms with Crippen LogP contribution in [0.15, 0.2) is 30.3 Å². The fourth-order valence-corrected chi connectivity index (χ4v) is 4.92. The van der Waals surface area contributed by atoms with Crippen molar-refractivity contribution in [2.75, 3.05) is 31.6 Å². The highest BCUT2D eigenvalue weighted by Gasteiger charge is 2.44. The van der Waals surface area contributed by atoms with Crippen LogP contribution >= 0.6 is 22.6 Å². The van der Waals surface area contributed by atoms with E-state index in [1.54, 1.807) is 6.07 Å². The Kier molecular flexibility index (Phi) is 7.49. The van der Waals surface area contributed by atoms with E-state index in [0.29, 0.717) is 15.9 Å². The summed E-state index contributed by atoms with van der Waals surface area (Å²) in [5, 5.41) is 13.3. The average molecular weight is 574 g/mol. The van der Waals surface area contributed by atoms with Gasteiger partial charge in [-0.25, -0.2) is 13.2 Å². The first kappa shape index (κ1) is 24.3. The van der Waals surface area contributed by atoms with Crippen LogP contribution in [0, 0.1) is 26.9 Å². The van der Waals surface area contributed by atoms with Crippen LogP contribution in [0.25, 0.3) is 0 Å². The first-order valence-electron chi connectivity index (χ1n) is 11.1. The summed E-state index contributed by atoms with van der Waals surface area (Å²) in [7, 11) is 0. The van der Waals surface area contributed by atoms with E-state index in [2.05, 4.69) is 5.32 Å². The Balaban J connectivity index is 1.41. The van der Waals surface area contributed by atoms with Crippen LogP contribution in [0.5, 0.6) is 0 Å². The van der Waals surface area contributed by atoms with Crippen LogP contribution in [0.3, 0.4) is 0 Å². The maximum absolute atomic E-state index is 14.6. The van der Waals surface area contributed by atoms with Gasteiger partial charge in [-0.3, -0.25) is 4.79 Å². The number of anilines is 2. The number of hydrogen-bond donors (Lipinski definition) is 2. The van der Waals surface area contributed by atoms with Gasteiger partial charge in [0.05, 0.1) is 35.6 Å². The molecule has 0 saturated carbocycles. The van der Waals surface area contributed by atoms with E-state index in [9.17, 15) is 23.1 Å². The summed E-state index contributed by atoms with van der Waals surface area (Å²) in [6, 6.07) is 6.31. The molecule has 4 rings (SSSR count). The summed E-state index contributed by atoms with van der Waals surface area (Å²) in [6.07, 6.45) is 4.52. The van der Waals surface area contributed by atoms with Gasteiger partial charge in [0.2, 0.25) is 0 Å². The molecule has 5 nitrogen and oxygen atoms in total. The van der Waals surface area contributed by atoms with Gasteiger partial charge in [-0.05, 0) is 78.1 Å². The van der Waals surface area contributed by atoms with E-state index >= 15 is 0 Å². The second-order valence-corrected chi connectivity index (χ2v) is 10.1. The van der Waals surface area contributed by atoms with Gasteiger partial charge in [-0.1, -0.05) is 12.8 Å². The minimum atomic E-state index is -1.26. The second-order valence-electron chi connectivity index (χ2n) is 8.87. The predicted octanol–water partition coefficient (Wildman–Crippen LogP) is 5.24. The Morgan fingerprint density at radius 3 is 2.58 bits per heavy atom. The highest BCUT2D eigenvalue weighted by molar-refractivity contribution is 14.1. The number of carbonyl (C=O) groups is 1. The van der Waals surface area contributed by atoms with Crippen molar-refractivity contribution in [3.05, 3.63) is 56.9 Å². The van der Waals surface area contributed by atoms with Crippen LogP contribution in [-0.2, 0) is 4.74 Å². The third kappa shape index (κ3) is 5.63. The van der Waals surface area contributed by atoms with Crippen molar-refractivity contribution in [1.29, 1.82) is 0 Å². The number of nitrogens with one attached hydrogen (secondary N) is 1. The molecule has 33 heavy (non-hydrogen) atoms. The van der Waals surface area contributed by atoms with Crippen molar-refractivity contribution >= 4 is 39.9 Å². The third-order valence-electron chi connectivity index (χ3n) is 6.37. The number of carbonyl (C=O) groups excluding carboxylic acids is 1. The largest absolute Gasteiger partial charge is 0.386 e. The molecule has 0 bridgehead atoms. The lowest BCUT2D eigenvalue weighted by Crippen LogP contribution is -2.63. The molecule has 2 aliphatic rings. The Bertz CT molecular complexity index is 1020. The van der Waals surface area contributed by atoms with E-state index in [-0.39, 0.29) is 24.3 Å². The normalized spacial score (nSPS) is 18.2. The number of aliphatic hydroxyl groups is 1. The summed E-state index contributed by atoms with van der Waals surface area (Å²) >= 11 is 1.94. The van der Waals surface area contributed by atoms with Crippen molar-refractivity contribution in [2.45, 2.75) is 37.7 Å². The molecule has 2 aliphatic heterocycles. The Labute approximate surface area is 204 Å². The lowest BCUT2D eigenvalue weighted by atomic mass is 9.85. The van der Waals surface area contributed by atoms with Gasteiger partial charge in [0.1, 0.15) is 5.82 Å². The fraction of sp³-hybridized carbons (Fsp3) is 0.458. The number of likely N-dealkylation sites (tertiary alicyclic amines) is 1. The summed E-state index contributed by atoms with van der Waals surface area (Å²) in [5.41, 5.74) is -1.58. The van der Waals surface area contributed by atoms with Crippen LogP contribution in [-0.4, -0.2) is 47.8 Å². The van der Waals surface area contributed by atoms with Crippen LogP contribution in [0.4, 0.5) is 24.5 Å². The Hall–Kier alpha value is -1.85. The maximum atomic E-state index is 14.6. The molecule has 0 spiro atoms. The number of amides is 1. The minimum absolute atomic E-state index is 0.0674. The molecule has 2 saturated heterocycles. The molecule has 1 amide bonds. The smallest absolute Gasteiger partial charge is 0.256 e. The first-order chi connectivity index (χ1) is 15.8. The van der Waals surface area contributed by atoms with Gasteiger partial charge in [-0.2, -0.15) is 0 Å². The monoisotopic (exact) mass is 574 g/mol.